The Hall–Kier alpha value is -2.77. The first kappa shape index (κ1) is 19.0. The summed E-state index contributed by atoms with van der Waals surface area (Å²) in [6, 6.07) is 14.9. The van der Waals surface area contributed by atoms with E-state index in [4.69, 9.17) is 9.47 Å². The number of ether oxygens (including phenoxy) is 2. The molecule has 0 bridgehead atoms. The van der Waals surface area contributed by atoms with Crippen molar-refractivity contribution in [1.29, 1.82) is 0 Å². The molecule has 1 N–H and O–H groups in total. The Kier molecular flexibility index (Phi) is 6.51. The number of fused-ring (bicyclic) bond motifs is 1. The molecule has 140 valence electrons. The monoisotopic (exact) mass is 384 g/mol. The maximum absolute atomic E-state index is 12.5. The number of para-hydroxylation sites is 1. The Bertz CT molecular complexity index is 905. The minimum Gasteiger partial charge on any atom is -0.452 e. The summed E-state index contributed by atoms with van der Waals surface area (Å²) in [6.07, 6.45) is 0.705. The molecule has 0 radical (unpaired) electrons. The summed E-state index contributed by atoms with van der Waals surface area (Å²) in [7, 11) is 1.60. The number of esters is 1. The number of aromatic nitrogens is 1. The lowest BCUT2D eigenvalue weighted by Gasteiger charge is -2.08. The van der Waals surface area contributed by atoms with Crippen molar-refractivity contribution in [3.63, 3.8) is 0 Å². The smallest absolute Gasteiger partial charge is 0.339 e. The molecule has 1 aromatic heterocycles. The molecule has 2 aromatic carbocycles. The number of hydrogen-bond donors (Lipinski definition) is 1. The maximum Gasteiger partial charge on any atom is 0.339 e. The van der Waals surface area contributed by atoms with Crippen LogP contribution < -0.4 is 5.32 Å². The number of methoxy groups -OCH3 is 1. The summed E-state index contributed by atoms with van der Waals surface area (Å²) < 4.78 is 11.1. The zero-order valence-electron chi connectivity index (χ0n) is 14.9. The molecule has 7 heteroatoms. The van der Waals surface area contributed by atoms with Gasteiger partial charge in [0.2, 0.25) is 0 Å². The molecule has 0 aliphatic carbocycles. The van der Waals surface area contributed by atoms with Crippen LogP contribution in [0.5, 0.6) is 0 Å². The lowest BCUT2D eigenvalue weighted by atomic mass is 10.1. The van der Waals surface area contributed by atoms with E-state index < -0.39 is 5.97 Å². The Morgan fingerprint density at radius 1 is 1.11 bits per heavy atom. The largest absolute Gasteiger partial charge is 0.452 e. The van der Waals surface area contributed by atoms with Crippen LogP contribution in [0.3, 0.4) is 0 Å². The Balaban J connectivity index is 1.68. The number of nitrogens with one attached hydrogen (secondary N) is 1. The van der Waals surface area contributed by atoms with Gasteiger partial charge in [-0.25, -0.2) is 9.78 Å². The lowest BCUT2D eigenvalue weighted by molar-refractivity contribution is -0.124. The van der Waals surface area contributed by atoms with E-state index in [2.05, 4.69) is 10.3 Å². The van der Waals surface area contributed by atoms with Crippen LogP contribution in [0, 0.1) is 0 Å². The van der Waals surface area contributed by atoms with Gasteiger partial charge in [0, 0.05) is 25.8 Å². The topological polar surface area (TPSA) is 77.5 Å². The number of hydrogen-bond acceptors (Lipinski definition) is 6. The average Bonchev–Trinajstić information content (AvgIpc) is 3.13. The first-order valence-corrected chi connectivity index (χ1v) is 9.38. The summed E-state index contributed by atoms with van der Waals surface area (Å²) in [5.74, 6) is -0.881. The summed E-state index contributed by atoms with van der Waals surface area (Å²) in [4.78, 5) is 28.9. The Morgan fingerprint density at radius 2 is 1.89 bits per heavy atom. The highest BCUT2D eigenvalue weighted by atomic mass is 32.1. The first-order valence-electron chi connectivity index (χ1n) is 8.57. The SMILES string of the molecule is COCCCNC(=O)COC(=O)c1ccccc1-c1nc2ccccc2s1. The third kappa shape index (κ3) is 4.90. The first-order chi connectivity index (χ1) is 13.2. The predicted octanol–water partition coefficient (Wildman–Crippen LogP) is 3.27. The van der Waals surface area contributed by atoms with Crippen LogP contribution >= 0.6 is 11.3 Å². The zero-order valence-corrected chi connectivity index (χ0v) is 15.8. The Morgan fingerprint density at radius 3 is 2.70 bits per heavy atom. The molecular weight excluding hydrogens is 364 g/mol. The normalized spacial score (nSPS) is 10.7. The molecule has 0 aliphatic rings. The Labute approximate surface area is 161 Å². The van der Waals surface area contributed by atoms with Crippen molar-refractivity contribution in [2.45, 2.75) is 6.42 Å². The van der Waals surface area contributed by atoms with Crippen LogP contribution in [0.2, 0.25) is 0 Å². The number of benzene rings is 2. The summed E-state index contributed by atoms with van der Waals surface area (Å²) >= 11 is 1.51. The minimum atomic E-state index is -0.545. The second-order valence-electron chi connectivity index (χ2n) is 5.80. The van der Waals surface area contributed by atoms with Gasteiger partial charge in [0.15, 0.2) is 6.61 Å². The highest BCUT2D eigenvalue weighted by Gasteiger charge is 2.17. The van der Waals surface area contributed by atoms with Gasteiger partial charge in [0.1, 0.15) is 5.01 Å². The quantitative estimate of drug-likeness (QED) is 0.476. The molecule has 0 atom stereocenters. The highest BCUT2D eigenvalue weighted by Crippen LogP contribution is 2.32. The van der Waals surface area contributed by atoms with E-state index in [-0.39, 0.29) is 12.5 Å². The summed E-state index contributed by atoms with van der Waals surface area (Å²) in [5, 5.41) is 3.43. The number of carbonyl (C=O) groups excluding carboxylic acids is 2. The van der Waals surface area contributed by atoms with Gasteiger partial charge >= 0.3 is 5.97 Å². The number of amides is 1. The van der Waals surface area contributed by atoms with Crippen molar-refractivity contribution in [2.24, 2.45) is 0 Å². The predicted molar refractivity (Wildman–Crippen MR) is 105 cm³/mol. The van der Waals surface area contributed by atoms with Crippen LogP contribution in [-0.2, 0) is 14.3 Å². The molecule has 3 rings (SSSR count). The second-order valence-corrected chi connectivity index (χ2v) is 6.84. The van der Waals surface area contributed by atoms with Crippen molar-refractivity contribution < 1.29 is 19.1 Å². The molecule has 1 heterocycles. The van der Waals surface area contributed by atoms with Crippen molar-refractivity contribution in [2.75, 3.05) is 26.9 Å². The van der Waals surface area contributed by atoms with Crippen molar-refractivity contribution in [1.82, 2.24) is 10.3 Å². The van der Waals surface area contributed by atoms with E-state index >= 15 is 0 Å². The molecule has 1 amide bonds. The highest BCUT2D eigenvalue weighted by molar-refractivity contribution is 7.21. The maximum atomic E-state index is 12.5. The van der Waals surface area contributed by atoms with E-state index in [1.54, 1.807) is 19.2 Å². The van der Waals surface area contributed by atoms with Gasteiger partial charge in [-0.3, -0.25) is 4.79 Å². The van der Waals surface area contributed by atoms with E-state index in [1.165, 1.54) is 11.3 Å². The minimum absolute atomic E-state index is 0.319. The second kappa shape index (κ2) is 9.25. The molecule has 3 aromatic rings. The van der Waals surface area contributed by atoms with E-state index in [0.29, 0.717) is 30.7 Å². The molecule has 0 saturated carbocycles. The van der Waals surface area contributed by atoms with Crippen LogP contribution in [0.4, 0.5) is 0 Å². The van der Waals surface area contributed by atoms with Gasteiger partial charge in [0.05, 0.1) is 15.8 Å². The van der Waals surface area contributed by atoms with Crippen molar-refractivity contribution >= 4 is 33.4 Å². The molecule has 0 unspecified atom stereocenters. The fourth-order valence-corrected chi connectivity index (χ4v) is 3.54. The molecule has 27 heavy (non-hydrogen) atoms. The molecule has 0 saturated heterocycles. The van der Waals surface area contributed by atoms with Gasteiger partial charge < -0.3 is 14.8 Å². The zero-order chi connectivity index (χ0) is 19.1. The summed E-state index contributed by atoms with van der Waals surface area (Å²) in [6.45, 7) is 0.724. The standard InChI is InChI=1S/C20H20N2O4S/c1-25-12-6-11-21-18(23)13-26-20(24)15-8-3-2-7-14(15)19-22-16-9-4-5-10-17(16)27-19/h2-5,7-10H,6,11-13H2,1H3,(H,21,23). The van der Waals surface area contributed by atoms with Crippen LogP contribution in [-0.4, -0.2) is 43.7 Å². The third-order valence-electron chi connectivity index (χ3n) is 3.85. The fraction of sp³-hybridized carbons (Fsp3) is 0.250. The van der Waals surface area contributed by atoms with Crippen molar-refractivity contribution in [3.05, 3.63) is 54.1 Å². The summed E-state index contributed by atoms with van der Waals surface area (Å²) in [5.41, 5.74) is 1.98. The van der Waals surface area contributed by atoms with Gasteiger partial charge in [-0.1, -0.05) is 30.3 Å². The van der Waals surface area contributed by atoms with Crippen LogP contribution in [0.1, 0.15) is 16.8 Å². The lowest BCUT2D eigenvalue weighted by Crippen LogP contribution is -2.30. The van der Waals surface area contributed by atoms with Crippen LogP contribution in [0.25, 0.3) is 20.8 Å². The molecule has 0 aliphatic heterocycles. The number of thiazole rings is 1. The van der Waals surface area contributed by atoms with Gasteiger partial charge in [-0.2, -0.15) is 0 Å². The van der Waals surface area contributed by atoms with E-state index in [9.17, 15) is 9.59 Å². The van der Waals surface area contributed by atoms with Gasteiger partial charge in [-0.05, 0) is 24.6 Å². The van der Waals surface area contributed by atoms with Crippen molar-refractivity contribution in [3.8, 4) is 10.6 Å². The van der Waals surface area contributed by atoms with Gasteiger partial charge in [0.25, 0.3) is 5.91 Å². The molecule has 0 fully saturated rings. The fourth-order valence-electron chi connectivity index (χ4n) is 2.54. The van der Waals surface area contributed by atoms with E-state index in [1.807, 2.05) is 36.4 Å². The number of carbonyl (C=O) groups is 2. The van der Waals surface area contributed by atoms with E-state index in [0.717, 1.165) is 15.2 Å². The molecule has 6 nitrogen and oxygen atoms in total. The third-order valence-corrected chi connectivity index (χ3v) is 4.92. The average molecular weight is 384 g/mol. The number of rotatable bonds is 8. The number of nitrogens with zero attached hydrogens (tertiary/aromatic N) is 1. The molecule has 0 spiro atoms. The van der Waals surface area contributed by atoms with Crippen LogP contribution in [0.15, 0.2) is 48.5 Å². The van der Waals surface area contributed by atoms with Gasteiger partial charge in [-0.15, -0.1) is 11.3 Å². The molecular formula is C20H20N2O4S.